The molecule has 0 radical (unpaired) electrons. The number of aromatic nitrogens is 1. The van der Waals surface area contributed by atoms with Crippen LogP contribution in [0.2, 0.25) is 5.15 Å². The fourth-order valence-electron chi connectivity index (χ4n) is 4.38. The Bertz CT molecular complexity index is 1230. The molecule has 34 heavy (non-hydrogen) atoms. The summed E-state index contributed by atoms with van der Waals surface area (Å²) in [7, 11) is 0. The molecule has 3 atom stereocenters. The van der Waals surface area contributed by atoms with Crippen LogP contribution in [0.3, 0.4) is 0 Å². The predicted molar refractivity (Wildman–Crippen MR) is 134 cm³/mol. The molecule has 0 bridgehead atoms. The molecular formula is C26H24BrClN2O4. The first-order valence-electron chi connectivity index (χ1n) is 10.9. The maximum Gasteiger partial charge on any atom is 0.356 e. The van der Waals surface area contributed by atoms with Gasteiger partial charge in [0.25, 0.3) is 0 Å². The number of nitrogens with zero attached hydrogens (tertiary/aromatic N) is 1. The van der Waals surface area contributed by atoms with Crippen molar-refractivity contribution in [3.63, 3.8) is 0 Å². The van der Waals surface area contributed by atoms with Gasteiger partial charge in [-0.15, -0.1) is 0 Å². The zero-order chi connectivity index (χ0) is 24.4. The summed E-state index contributed by atoms with van der Waals surface area (Å²) in [6, 6.07) is 17.1. The lowest BCUT2D eigenvalue weighted by Crippen LogP contribution is -2.18. The van der Waals surface area contributed by atoms with Crippen molar-refractivity contribution in [2.24, 2.45) is 5.92 Å². The Morgan fingerprint density at radius 3 is 2.68 bits per heavy atom. The highest BCUT2D eigenvalue weighted by Gasteiger charge is 2.38. The van der Waals surface area contributed by atoms with E-state index in [1.807, 2.05) is 44.2 Å². The maximum absolute atomic E-state index is 12.7. The van der Waals surface area contributed by atoms with Crippen LogP contribution in [0, 0.1) is 12.8 Å². The second-order valence-corrected chi connectivity index (χ2v) is 9.88. The van der Waals surface area contributed by atoms with Crippen LogP contribution in [0.4, 0.5) is 5.69 Å². The quantitative estimate of drug-likeness (QED) is 0.273. The van der Waals surface area contributed by atoms with E-state index in [1.54, 1.807) is 12.1 Å². The number of esters is 1. The summed E-state index contributed by atoms with van der Waals surface area (Å²) in [6.07, 6.45) is 0.735. The van der Waals surface area contributed by atoms with Crippen molar-refractivity contribution < 1.29 is 19.4 Å². The number of cyclic esters (lactones) is 1. The molecule has 0 saturated carbocycles. The summed E-state index contributed by atoms with van der Waals surface area (Å²) in [4.78, 5) is 28.3. The lowest BCUT2D eigenvalue weighted by Gasteiger charge is -2.21. The summed E-state index contributed by atoms with van der Waals surface area (Å²) >= 11 is 9.33. The molecule has 1 aliphatic rings. The average molecular weight is 544 g/mol. The molecule has 3 aromatic rings. The highest BCUT2D eigenvalue weighted by molar-refractivity contribution is 9.10. The number of hydrogen-bond donors (Lipinski definition) is 2. The van der Waals surface area contributed by atoms with E-state index in [2.05, 4.69) is 38.4 Å². The van der Waals surface area contributed by atoms with Crippen molar-refractivity contribution in [3.05, 3.63) is 92.2 Å². The number of hydrogen-bond acceptors (Lipinski definition) is 5. The van der Waals surface area contributed by atoms with Crippen LogP contribution < -0.4 is 5.32 Å². The Morgan fingerprint density at radius 1 is 1.24 bits per heavy atom. The first-order chi connectivity index (χ1) is 16.2. The van der Waals surface area contributed by atoms with E-state index in [0.29, 0.717) is 12.3 Å². The molecule has 4 rings (SSSR count). The number of aromatic carboxylic acids is 1. The molecule has 2 N–H and O–H groups in total. The third-order valence-electron chi connectivity index (χ3n) is 5.99. The van der Waals surface area contributed by atoms with Crippen molar-refractivity contribution >= 4 is 45.2 Å². The van der Waals surface area contributed by atoms with Crippen LogP contribution in [0.15, 0.2) is 59.1 Å². The molecule has 1 saturated heterocycles. The van der Waals surface area contributed by atoms with Crippen LogP contribution in [0.5, 0.6) is 0 Å². The molecule has 8 heteroatoms. The molecular weight excluding hydrogens is 520 g/mol. The third kappa shape index (κ3) is 5.42. The summed E-state index contributed by atoms with van der Waals surface area (Å²) in [6.45, 7) is 4.30. The number of benzene rings is 2. The van der Waals surface area contributed by atoms with Gasteiger partial charge in [-0.1, -0.05) is 63.4 Å². The minimum Gasteiger partial charge on any atom is -0.476 e. The van der Waals surface area contributed by atoms with Gasteiger partial charge in [0.2, 0.25) is 0 Å². The van der Waals surface area contributed by atoms with Gasteiger partial charge in [-0.25, -0.2) is 9.78 Å². The van der Waals surface area contributed by atoms with E-state index >= 15 is 0 Å². The monoisotopic (exact) mass is 542 g/mol. The van der Waals surface area contributed by atoms with Crippen molar-refractivity contribution in [2.45, 2.75) is 32.2 Å². The number of rotatable bonds is 7. The number of anilines is 1. The van der Waals surface area contributed by atoms with Gasteiger partial charge >= 0.3 is 11.9 Å². The van der Waals surface area contributed by atoms with E-state index in [9.17, 15) is 14.7 Å². The van der Waals surface area contributed by atoms with Crippen LogP contribution in [0.25, 0.3) is 0 Å². The van der Waals surface area contributed by atoms with E-state index in [1.165, 1.54) is 0 Å². The van der Waals surface area contributed by atoms with Crippen molar-refractivity contribution in [1.29, 1.82) is 0 Å². The first-order valence-corrected chi connectivity index (χ1v) is 12.1. The molecule has 1 unspecified atom stereocenters. The molecule has 1 aliphatic heterocycles. The molecule has 2 heterocycles. The topological polar surface area (TPSA) is 88.5 Å². The Morgan fingerprint density at radius 2 is 1.97 bits per heavy atom. The fourth-order valence-corrected chi connectivity index (χ4v) is 4.79. The number of ether oxygens (including phenoxy) is 1. The Kier molecular flexibility index (Phi) is 7.24. The molecule has 1 aromatic heterocycles. The standard InChI is InChI=1S/C26H24BrClN2O4/c1-14-9-17(15(2)29-21-7-8-22(28)30-24(21)25(31)32)12-18(10-14)23-19(13-34-26(23)33)11-16-3-5-20(27)6-4-16/h3-10,12,15,19,23,29H,11,13H2,1-2H3,(H,31,32)/t15-,19?,23-/m1/s1. The average Bonchev–Trinajstić information content (AvgIpc) is 3.15. The van der Waals surface area contributed by atoms with Crippen molar-refractivity contribution in [1.82, 2.24) is 4.98 Å². The van der Waals surface area contributed by atoms with Gasteiger partial charge in [-0.2, -0.15) is 0 Å². The predicted octanol–water partition coefficient (Wildman–Crippen LogP) is 6.18. The molecule has 1 fully saturated rings. The van der Waals surface area contributed by atoms with Crippen molar-refractivity contribution in [3.8, 4) is 0 Å². The summed E-state index contributed by atoms with van der Waals surface area (Å²) in [5.74, 6) is -1.70. The highest BCUT2D eigenvalue weighted by atomic mass is 79.9. The number of carbonyl (C=O) groups is 2. The summed E-state index contributed by atoms with van der Waals surface area (Å²) in [5, 5.41) is 12.8. The molecule has 0 spiro atoms. The molecule has 0 amide bonds. The van der Waals surface area contributed by atoms with Gasteiger partial charge in [0.05, 0.1) is 18.2 Å². The summed E-state index contributed by atoms with van der Waals surface area (Å²) in [5.41, 5.74) is 4.23. The Balaban J connectivity index is 1.60. The largest absolute Gasteiger partial charge is 0.476 e. The lowest BCUT2D eigenvalue weighted by molar-refractivity contribution is -0.139. The van der Waals surface area contributed by atoms with Crippen molar-refractivity contribution in [2.75, 3.05) is 11.9 Å². The Labute approximate surface area is 211 Å². The van der Waals surface area contributed by atoms with Gasteiger partial charge in [-0.05, 0) is 61.2 Å². The molecule has 176 valence electrons. The minimum absolute atomic E-state index is 0.0330. The number of halogens is 2. The fraction of sp³-hybridized carbons (Fsp3) is 0.269. The van der Waals surface area contributed by atoms with E-state index < -0.39 is 5.97 Å². The molecule has 2 aromatic carbocycles. The van der Waals surface area contributed by atoms with Gasteiger partial charge in [0.15, 0.2) is 5.69 Å². The number of nitrogens with one attached hydrogen (secondary N) is 1. The van der Waals surface area contributed by atoms with Gasteiger partial charge in [0, 0.05) is 16.4 Å². The number of carboxylic acid groups (broad SMARTS) is 1. The number of aryl methyl sites for hydroxylation is 1. The number of carbonyl (C=O) groups excluding carboxylic acids is 1. The second kappa shape index (κ2) is 10.2. The highest BCUT2D eigenvalue weighted by Crippen LogP contribution is 2.36. The van der Waals surface area contributed by atoms with Crippen LogP contribution in [-0.4, -0.2) is 28.6 Å². The second-order valence-electron chi connectivity index (χ2n) is 8.58. The van der Waals surface area contributed by atoms with Gasteiger partial charge in [0.1, 0.15) is 5.15 Å². The SMILES string of the molecule is Cc1cc([C@H]2C(=O)OCC2Cc2ccc(Br)cc2)cc([C@@H](C)Nc2ccc(Cl)nc2C(=O)O)c1. The smallest absolute Gasteiger partial charge is 0.356 e. The van der Waals surface area contributed by atoms with Crippen LogP contribution >= 0.6 is 27.5 Å². The van der Waals surface area contributed by atoms with Gasteiger partial charge < -0.3 is 15.2 Å². The lowest BCUT2D eigenvalue weighted by atomic mass is 9.83. The van der Waals surface area contributed by atoms with E-state index in [-0.39, 0.29) is 34.7 Å². The first kappa shape index (κ1) is 24.2. The van der Waals surface area contributed by atoms with Gasteiger partial charge in [-0.3, -0.25) is 4.79 Å². The number of carboxylic acids is 1. The maximum atomic E-state index is 12.7. The Hall–Kier alpha value is -2.90. The summed E-state index contributed by atoms with van der Waals surface area (Å²) < 4.78 is 6.48. The molecule has 0 aliphatic carbocycles. The minimum atomic E-state index is -1.16. The molecule has 6 nitrogen and oxygen atoms in total. The zero-order valence-electron chi connectivity index (χ0n) is 18.7. The number of pyridine rings is 1. The normalized spacial score (nSPS) is 18.4. The van der Waals surface area contributed by atoms with Crippen LogP contribution in [0.1, 0.15) is 51.6 Å². The van der Waals surface area contributed by atoms with Crippen LogP contribution in [-0.2, 0) is 16.0 Å². The van der Waals surface area contributed by atoms with E-state index in [0.717, 1.165) is 33.1 Å². The van der Waals surface area contributed by atoms with E-state index in [4.69, 9.17) is 16.3 Å². The third-order valence-corrected chi connectivity index (χ3v) is 6.73. The zero-order valence-corrected chi connectivity index (χ0v) is 21.1.